The second-order valence-corrected chi connectivity index (χ2v) is 6.40. The van der Waals surface area contributed by atoms with E-state index in [2.05, 4.69) is 27.0 Å². The van der Waals surface area contributed by atoms with Gasteiger partial charge in [-0.2, -0.15) is 0 Å². The van der Waals surface area contributed by atoms with Gasteiger partial charge in [-0.05, 0) is 45.9 Å². The van der Waals surface area contributed by atoms with E-state index in [1.165, 1.54) is 4.88 Å². The van der Waals surface area contributed by atoms with E-state index in [4.69, 9.17) is 0 Å². The second kappa shape index (κ2) is 5.85. The third-order valence-electron chi connectivity index (χ3n) is 3.12. The van der Waals surface area contributed by atoms with Crippen molar-refractivity contribution in [2.75, 3.05) is 0 Å². The molecule has 0 unspecified atom stereocenters. The zero-order chi connectivity index (χ0) is 13.9. The van der Waals surface area contributed by atoms with Gasteiger partial charge in [0.1, 0.15) is 5.69 Å². The molecule has 0 saturated carbocycles. The Hall–Kier alpha value is -1.52. The highest BCUT2D eigenvalue weighted by molar-refractivity contribution is 9.10. The fraction of sp³-hybridized carbons (Fsp3) is 0.125. The maximum atomic E-state index is 12.3. The lowest BCUT2D eigenvalue weighted by atomic mass is 10.1. The number of nitrogens with zero attached hydrogens (tertiary/aromatic N) is 1. The molecule has 2 aromatic heterocycles. The molecule has 0 radical (unpaired) electrons. The number of pyridine rings is 1. The van der Waals surface area contributed by atoms with Gasteiger partial charge in [0.25, 0.3) is 0 Å². The summed E-state index contributed by atoms with van der Waals surface area (Å²) < 4.78 is 0.771. The highest BCUT2D eigenvalue weighted by atomic mass is 79.9. The predicted octanol–water partition coefficient (Wildman–Crippen LogP) is 4.87. The molecule has 0 aliphatic rings. The number of halogens is 1. The van der Waals surface area contributed by atoms with Gasteiger partial charge in [-0.3, -0.25) is 4.79 Å². The van der Waals surface area contributed by atoms with Gasteiger partial charge in [0.15, 0.2) is 5.78 Å². The third kappa shape index (κ3) is 2.81. The minimum Gasteiger partial charge on any atom is -0.292 e. The van der Waals surface area contributed by atoms with Gasteiger partial charge in [-0.25, -0.2) is 4.98 Å². The van der Waals surface area contributed by atoms with Crippen LogP contribution in [0.25, 0.3) is 10.9 Å². The van der Waals surface area contributed by atoms with E-state index in [0.29, 0.717) is 12.1 Å². The van der Waals surface area contributed by atoms with Gasteiger partial charge in [0, 0.05) is 21.2 Å². The zero-order valence-corrected chi connectivity index (χ0v) is 13.1. The largest absolute Gasteiger partial charge is 0.292 e. The maximum Gasteiger partial charge on any atom is 0.182 e. The average Bonchev–Trinajstić information content (AvgIpc) is 2.97. The molecule has 0 amide bonds. The number of aromatic nitrogens is 1. The number of fused-ring (bicyclic) bond motifs is 1. The van der Waals surface area contributed by atoms with Crippen LogP contribution in [0.4, 0.5) is 0 Å². The standard InChI is InChI=1S/C16H12BrNOS/c17-13-10-11-4-1-2-6-14(11)18-16(13)15(19)8-7-12-5-3-9-20-12/h1-6,9-10H,7-8H2. The van der Waals surface area contributed by atoms with Crippen molar-refractivity contribution in [2.45, 2.75) is 12.8 Å². The molecule has 1 aromatic carbocycles. The summed E-state index contributed by atoms with van der Waals surface area (Å²) in [5, 5.41) is 3.07. The first-order valence-corrected chi connectivity index (χ1v) is 8.02. The van der Waals surface area contributed by atoms with Gasteiger partial charge < -0.3 is 0 Å². The number of ketones is 1. The van der Waals surface area contributed by atoms with Crippen LogP contribution in [0.15, 0.2) is 52.3 Å². The highest BCUT2D eigenvalue weighted by Gasteiger charge is 2.13. The Morgan fingerprint density at radius 3 is 2.85 bits per heavy atom. The van der Waals surface area contributed by atoms with Crippen LogP contribution in [0, 0.1) is 0 Å². The Morgan fingerprint density at radius 1 is 1.20 bits per heavy atom. The van der Waals surface area contributed by atoms with E-state index in [9.17, 15) is 4.79 Å². The van der Waals surface area contributed by atoms with Crippen LogP contribution in [0.1, 0.15) is 21.8 Å². The quantitative estimate of drug-likeness (QED) is 0.631. The number of carbonyl (C=O) groups excluding carboxylic acids is 1. The van der Waals surface area contributed by atoms with E-state index < -0.39 is 0 Å². The van der Waals surface area contributed by atoms with Crippen molar-refractivity contribution in [1.29, 1.82) is 0 Å². The van der Waals surface area contributed by atoms with Crippen molar-refractivity contribution >= 4 is 44.0 Å². The van der Waals surface area contributed by atoms with Crippen LogP contribution in [0.5, 0.6) is 0 Å². The molecule has 0 atom stereocenters. The first-order chi connectivity index (χ1) is 9.74. The molecule has 0 bridgehead atoms. The van der Waals surface area contributed by atoms with Crippen LogP contribution in [-0.4, -0.2) is 10.8 Å². The number of benzene rings is 1. The van der Waals surface area contributed by atoms with Crippen molar-refractivity contribution in [3.05, 3.63) is 62.9 Å². The molecule has 3 aromatic rings. The molecule has 0 aliphatic carbocycles. The fourth-order valence-corrected chi connectivity index (χ4v) is 3.36. The van der Waals surface area contributed by atoms with Gasteiger partial charge in [0.2, 0.25) is 0 Å². The maximum absolute atomic E-state index is 12.3. The Bertz CT molecular complexity index is 752. The number of hydrogen-bond donors (Lipinski definition) is 0. The molecule has 0 N–H and O–H groups in total. The number of Topliss-reactive ketones (excluding diaryl/α,β-unsaturated/α-hetero) is 1. The Morgan fingerprint density at radius 2 is 2.05 bits per heavy atom. The summed E-state index contributed by atoms with van der Waals surface area (Å²) in [6, 6.07) is 13.8. The Labute approximate surface area is 129 Å². The smallest absolute Gasteiger partial charge is 0.182 e. The van der Waals surface area contributed by atoms with Gasteiger partial charge in [-0.15, -0.1) is 11.3 Å². The lowest BCUT2D eigenvalue weighted by Crippen LogP contribution is -2.05. The molecule has 2 heterocycles. The van der Waals surface area contributed by atoms with Gasteiger partial charge >= 0.3 is 0 Å². The zero-order valence-electron chi connectivity index (χ0n) is 10.7. The van der Waals surface area contributed by atoms with Crippen molar-refractivity contribution in [2.24, 2.45) is 0 Å². The first-order valence-electron chi connectivity index (χ1n) is 6.35. The molecular formula is C16H12BrNOS. The van der Waals surface area contributed by atoms with E-state index >= 15 is 0 Å². The minimum atomic E-state index is 0.0797. The molecule has 0 saturated heterocycles. The number of rotatable bonds is 4. The number of hydrogen-bond acceptors (Lipinski definition) is 3. The number of para-hydroxylation sites is 1. The van der Waals surface area contributed by atoms with Crippen molar-refractivity contribution < 1.29 is 4.79 Å². The van der Waals surface area contributed by atoms with E-state index in [1.807, 2.05) is 41.8 Å². The minimum absolute atomic E-state index is 0.0797. The Kier molecular flexibility index (Phi) is 3.94. The summed E-state index contributed by atoms with van der Waals surface area (Å²) in [7, 11) is 0. The van der Waals surface area contributed by atoms with Crippen LogP contribution in [-0.2, 0) is 6.42 Å². The normalized spacial score (nSPS) is 10.8. The summed E-state index contributed by atoms with van der Waals surface area (Å²) in [6.07, 6.45) is 1.27. The van der Waals surface area contributed by atoms with E-state index in [-0.39, 0.29) is 5.78 Å². The van der Waals surface area contributed by atoms with Crippen LogP contribution in [0.2, 0.25) is 0 Å². The molecule has 0 spiro atoms. The van der Waals surface area contributed by atoms with E-state index in [0.717, 1.165) is 21.8 Å². The second-order valence-electron chi connectivity index (χ2n) is 4.51. The van der Waals surface area contributed by atoms with Gasteiger partial charge in [-0.1, -0.05) is 24.3 Å². The fourth-order valence-electron chi connectivity index (χ4n) is 2.10. The molecule has 20 heavy (non-hydrogen) atoms. The number of thiophene rings is 1. The lowest BCUT2D eigenvalue weighted by molar-refractivity contribution is 0.0978. The SMILES string of the molecule is O=C(CCc1cccs1)c1nc2ccccc2cc1Br. The van der Waals surface area contributed by atoms with Crippen molar-refractivity contribution in [3.63, 3.8) is 0 Å². The summed E-state index contributed by atoms with van der Waals surface area (Å²) in [6.45, 7) is 0. The van der Waals surface area contributed by atoms with Crippen LogP contribution in [0.3, 0.4) is 0 Å². The highest BCUT2D eigenvalue weighted by Crippen LogP contribution is 2.23. The monoisotopic (exact) mass is 345 g/mol. The molecule has 100 valence electrons. The van der Waals surface area contributed by atoms with Crippen LogP contribution >= 0.6 is 27.3 Å². The summed E-state index contributed by atoms with van der Waals surface area (Å²) in [5.41, 5.74) is 1.38. The molecule has 3 rings (SSSR count). The van der Waals surface area contributed by atoms with Gasteiger partial charge in [0.05, 0.1) is 5.52 Å². The molecule has 0 aliphatic heterocycles. The molecule has 0 fully saturated rings. The summed E-state index contributed by atoms with van der Waals surface area (Å²) >= 11 is 5.14. The molecular weight excluding hydrogens is 334 g/mol. The topological polar surface area (TPSA) is 30.0 Å². The molecule has 4 heteroatoms. The Balaban J connectivity index is 1.85. The average molecular weight is 346 g/mol. The van der Waals surface area contributed by atoms with Crippen molar-refractivity contribution in [1.82, 2.24) is 4.98 Å². The summed E-state index contributed by atoms with van der Waals surface area (Å²) in [5.74, 6) is 0.0797. The lowest BCUT2D eigenvalue weighted by Gasteiger charge is -2.05. The number of aryl methyl sites for hydroxylation is 1. The van der Waals surface area contributed by atoms with Crippen molar-refractivity contribution in [3.8, 4) is 0 Å². The predicted molar refractivity (Wildman–Crippen MR) is 86.4 cm³/mol. The molecule has 2 nitrogen and oxygen atoms in total. The first kappa shape index (κ1) is 13.5. The van der Waals surface area contributed by atoms with Crippen LogP contribution < -0.4 is 0 Å². The summed E-state index contributed by atoms with van der Waals surface area (Å²) in [4.78, 5) is 18.0. The number of carbonyl (C=O) groups is 1. The van der Waals surface area contributed by atoms with E-state index in [1.54, 1.807) is 11.3 Å². The third-order valence-corrected chi connectivity index (χ3v) is 4.66.